The summed E-state index contributed by atoms with van der Waals surface area (Å²) in [5.41, 5.74) is -0.303. The van der Waals surface area contributed by atoms with E-state index >= 15 is 0 Å². The maximum absolute atomic E-state index is 10.1. The number of hydrogen-bond donors (Lipinski definition) is 0. The first kappa shape index (κ1) is 12.0. The van der Waals surface area contributed by atoms with E-state index in [-0.39, 0.29) is 48.7 Å². The van der Waals surface area contributed by atoms with E-state index in [4.69, 9.17) is 0 Å². The van der Waals surface area contributed by atoms with Crippen molar-refractivity contribution < 1.29 is 4.42 Å². The van der Waals surface area contributed by atoms with Crippen LogP contribution < -0.4 is 5.63 Å². The number of rotatable bonds is 0. The van der Waals surface area contributed by atoms with Crippen molar-refractivity contribution in [1.29, 1.82) is 0 Å². The Morgan fingerprint density at radius 3 is 2.22 bits per heavy atom. The molecule has 0 aliphatic heterocycles. The largest absolute Gasteiger partial charge is 0.431 e. The van der Waals surface area contributed by atoms with E-state index in [9.17, 15) is 4.79 Å². The quantitative estimate of drug-likeness (QED) is 0.504. The SMILES string of the molecule is O=c1cccco1.S.[Na]. The zero-order chi connectivity index (χ0) is 5.11. The van der Waals surface area contributed by atoms with Crippen LogP contribution >= 0.6 is 13.5 Å². The molecule has 2 nitrogen and oxygen atoms in total. The van der Waals surface area contributed by atoms with Crippen LogP contribution in [-0.2, 0) is 0 Å². The van der Waals surface area contributed by atoms with Crippen molar-refractivity contribution in [3.8, 4) is 0 Å². The van der Waals surface area contributed by atoms with Gasteiger partial charge >= 0.3 is 5.63 Å². The van der Waals surface area contributed by atoms with Crippen LogP contribution in [0.25, 0.3) is 0 Å². The summed E-state index contributed by atoms with van der Waals surface area (Å²) in [5.74, 6) is 0. The first-order valence-corrected chi connectivity index (χ1v) is 1.93. The summed E-state index contributed by atoms with van der Waals surface area (Å²) in [4.78, 5) is 10.1. The molecule has 0 aromatic carbocycles. The van der Waals surface area contributed by atoms with Crippen LogP contribution in [0.2, 0.25) is 0 Å². The van der Waals surface area contributed by atoms with Gasteiger partial charge in [-0.2, -0.15) is 13.5 Å². The van der Waals surface area contributed by atoms with E-state index in [1.807, 2.05) is 0 Å². The Morgan fingerprint density at radius 1 is 1.33 bits per heavy atom. The summed E-state index contributed by atoms with van der Waals surface area (Å²) in [5, 5.41) is 0. The summed E-state index contributed by atoms with van der Waals surface area (Å²) in [7, 11) is 0. The van der Waals surface area contributed by atoms with Crippen molar-refractivity contribution in [3.63, 3.8) is 0 Å². The van der Waals surface area contributed by atoms with E-state index in [0.29, 0.717) is 0 Å². The zero-order valence-electron chi connectivity index (χ0n) is 5.13. The Kier molecular flexibility index (Phi) is 8.58. The average Bonchev–Trinajstić information content (AvgIpc) is 1.69. The molecule has 0 amide bonds. The van der Waals surface area contributed by atoms with E-state index in [2.05, 4.69) is 4.42 Å². The molecule has 0 saturated heterocycles. The normalized spacial score (nSPS) is 6.67. The fourth-order valence-electron chi connectivity index (χ4n) is 0.325. The predicted octanol–water partition coefficient (Wildman–Crippen LogP) is 0.372. The standard InChI is InChI=1S/C5H4O2.Na.H2S/c6-5-3-1-2-4-7-5;;/h1-4H;;1H2. The molecule has 4 heteroatoms. The van der Waals surface area contributed by atoms with Gasteiger partial charge in [-0.1, -0.05) is 6.07 Å². The van der Waals surface area contributed by atoms with Gasteiger partial charge in [-0.15, -0.1) is 0 Å². The van der Waals surface area contributed by atoms with Crippen molar-refractivity contribution in [1.82, 2.24) is 0 Å². The second-order valence-corrected chi connectivity index (χ2v) is 1.12. The topological polar surface area (TPSA) is 30.2 Å². The molecular formula is C5H6NaO2S. The molecule has 0 saturated carbocycles. The minimum Gasteiger partial charge on any atom is -0.431 e. The summed E-state index contributed by atoms with van der Waals surface area (Å²) < 4.78 is 4.37. The molecule has 0 N–H and O–H groups in total. The van der Waals surface area contributed by atoms with Gasteiger partial charge < -0.3 is 4.42 Å². The fraction of sp³-hybridized carbons (Fsp3) is 0. The maximum atomic E-state index is 10.1. The molecule has 1 aromatic rings. The summed E-state index contributed by atoms with van der Waals surface area (Å²) in [6.45, 7) is 0. The monoisotopic (exact) mass is 153 g/mol. The smallest absolute Gasteiger partial charge is 0.335 e. The average molecular weight is 153 g/mol. The third-order valence-corrected chi connectivity index (χ3v) is 0.606. The van der Waals surface area contributed by atoms with Crippen LogP contribution in [0.3, 0.4) is 0 Å². The molecule has 0 atom stereocenters. The van der Waals surface area contributed by atoms with Gasteiger partial charge in [0.1, 0.15) is 0 Å². The summed E-state index contributed by atoms with van der Waals surface area (Å²) in [6, 6.07) is 4.65. The first-order valence-electron chi connectivity index (χ1n) is 1.93. The molecule has 0 fully saturated rings. The minimum absolute atomic E-state index is 0. The summed E-state index contributed by atoms with van der Waals surface area (Å²) in [6.07, 6.45) is 1.35. The van der Waals surface area contributed by atoms with Gasteiger partial charge in [0, 0.05) is 35.6 Å². The van der Waals surface area contributed by atoms with Crippen molar-refractivity contribution in [2.45, 2.75) is 0 Å². The van der Waals surface area contributed by atoms with E-state index in [1.165, 1.54) is 12.3 Å². The van der Waals surface area contributed by atoms with E-state index in [1.54, 1.807) is 12.1 Å². The molecule has 1 aromatic heterocycles. The van der Waals surface area contributed by atoms with Crippen LogP contribution in [0.4, 0.5) is 0 Å². The molecule has 45 valence electrons. The second kappa shape index (κ2) is 6.42. The maximum Gasteiger partial charge on any atom is 0.335 e. The molecule has 0 aliphatic rings. The Bertz CT molecular complexity index is 181. The summed E-state index contributed by atoms with van der Waals surface area (Å²) >= 11 is 0. The predicted molar refractivity (Wildman–Crippen MR) is 41.1 cm³/mol. The van der Waals surface area contributed by atoms with Crippen LogP contribution in [0, 0.1) is 0 Å². The van der Waals surface area contributed by atoms with Gasteiger partial charge in [0.05, 0.1) is 6.26 Å². The van der Waals surface area contributed by atoms with Crippen molar-refractivity contribution >= 4 is 43.1 Å². The van der Waals surface area contributed by atoms with Gasteiger partial charge in [-0.3, -0.25) is 0 Å². The fourth-order valence-corrected chi connectivity index (χ4v) is 0.325. The Morgan fingerprint density at radius 2 is 2.00 bits per heavy atom. The van der Waals surface area contributed by atoms with Gasteiger partial charge in [-0.05, 0) is 6.07 Å². The van der Waals surface area contributed by atoms with Crippen LogP contribution in [-0.4, -0.2) is 29.6 Å². The molecule has 0 spiro atoms. The minimum atomic E-state index is -0.303. The number of hydrogen-bond acceptors (Lipinski definition) is 2. The molecule has 0 aliphatic carbocycles. The van der Waals surface area contributed by atoms with Gasteiger partial charge in [-0.25, -0.2) is 4.79 Å². The second-order valence-electron chi connectivity index (χ2n) is 1.12. The molecule has 1 rings (SSSR count). The van der Waals surface area contributed by atoms with Gasteiger partial charge in [0.25, 0.3) is 0 Å². The molecule has 1 radical (unpaired) electrons. The van der Waals surface area contributed by atoms with Crippen molar-refractivity contribution in [2.24, 2.45) is 0 Å². The molecule has 0 bridgehead atoms. The molecule has 9 heavy (non-hydrogen) atoms. The van der Waals surface area contributed by atoms with Gasteiger partial charge in [0.15, 0.2) is 0 Å². The third-order valence-electron chi connectivity index (χ3n) is 0.606. The van der Waals surface area contributed by atoms with Gasteiger partial charge in [0.2, 0.25) is 0 Å². The Hall–Kier alpha value is 0.300. The van der Waals surface area contributed by atoms with Crippen LogP contribution in [0.15, 0.2) is 33.7 Å². The van der Waals surface area contributed by atoms with Crippen molar-refractivity contribution in [3.05, 3.63) is 34.9 Å². The molecule has 1 heterocycles. The third kappa shape index (κ3) is 4.78. The first-order chi connectivity index (χ1) is 3.39. The zero-order valence-corrected chi connectivity index (χ0v) is 8.13. The van der Waals surface area contributed by atoms with E-state index < -0.39 is 0 Å². The van der Waals surface area contributed by atoms with Crippen LogP contribution in [0.5, 0.6) is 0 Å². The Labute approximate surface area is 82.0 Å². The van der Waals surface area contributed by atoms with E-state index in [0.717, 1.165) is 0 Å². The molecule has 0 unspecified atom stereocenters. The molecular weight excluding hydrogens is 147 g/mol. The Balaban J connectivity index is 0. The van der Waals surface area contributed by atoms with Crippen LogP contribution in [0.1, 0.15) is 0 Å². The van der Waals surface area contributed by atoms with Crippen molar-refractivity contribution in [2.75, 3.05) is 0 Å².